The molecule has 1 unspecified atom stereocenters. The third kappa shape index (κ3) is 2.21. The highest BCUT2D eigenvalue weighted by Crippen LogP contribution is 2.16. The number of aromatic nitrogens is 1. The fourth-order valence-electron chi connectivity index (χ4n) is 1.01. The first-order chi connectivity index (χ1) is 6.56. The van der Waals surface area contributed by atoms with Gasteiger partial charge in [-0.05, 0) is 20.0 Å². The van der Waals surface area contributed by atoms with Crippen molar-refractivity contribution in [3.63, 3.8) is 0 Å². The van der Waals surface area contributed by atoms with E-state index < -0.39 is 0 Å². The maximum Gasteiger partial charge on any atom is 0.183 e. The number of nitrogen functional groups attached to an aromatic ring is 1. The Balaban J connectivity index is 3.06. The van der Waals surface area contributed by atoms with Crippen molar-refractivity contribution in [2.24, 2.45) is 0 Å². The molecule has 0 radical (unpaired) electrons. The second kappa shape index (κ2) is 4.39. The molecule has 0 aliphatic heterocycles. The highest BCUT2D eigenvalue weighted by Gasteiger charge is 2.16. The van der Waals surface area contributed by atoms with E-state index in [2.05, 4.69) is 10.3 Å². The van der Waals surface area contributed by atoms with Crippen LogP contribution in [0.3, 0.4) is 0 Å². The van der Waals surface area contributed by atoms with Crippen molar-refractivity contribution in [2.45, 2.75) is 13.0 Å². The number of rotatable bonds is 3. The minimum Gasteiger partial charge on any atom is -0.383 e. The van der Waals surface area contributed by atoms with Gasteiger partial charge in [0.2, 0.25) is 0 Å². The quantitative estimate of drug-likeness (QED) is 0.739. The Hall–Kier alpha value is -1.13. The van der Waals surface area contributed by atoms with Gasteiger partial charge < -0.3 is 11.1 Å². The molecule has 0 aromatic carbocycles. The number of nitrogens with one attached hydrogen (secondary N) is 1. The first kappa shape index (κ1) is 10.9. The van der Waals surface area contributed by atoms with E-state index in [0.717, 1.165) is 0 Å². The normalized spacial score (nSPS) is 12.5. The lowest BCUT2D eigenvalue weighted by Crippen LogP contribution is -2.31. The molecule has 0 saturated carbocycles. The van der Waals surface area contributed by atoms with Gasteiger partial charge in [0, 0.05) is 6.20 Å². The van der Waals surface area contributed by atoms with Crippen LogP contribution in [0.25, 0.3) is 0 Å². The Kier molecular flexibility index (Phi) is 3.43. The Morgan fingerprint density at radius 3 is 2.93 bits per heavy atom. The maximum absolute atomic E-state index is 11.7. The maximum atomic E-state index is 11.7. The molecule has 1 aromatic heterocycles. The predicted octanol–water partition coefficient (Wildman–Crippen LogP) is 1.11. The standard InChI is InChI=1S/C9H12ClN3O/c1-5(12-2)8(14)7-3-6(10)4-13-9(7)11/h3-5,12H,1-2H3,(H2,11,13). The van der Waals surface area contributed by atoms with Crippen LogP contribution in [0.1, 0.15) is 17.3 Å². The molecule has 0 amide bonds. The number of hydrogen-bond acceptors (Lipinski definition) is 4. The Labute approximate surface area is 87.5 Å². The van der Waals surface area contributed by atoms with Gasteiger partial charge >= 0.3 is 0 Å². The molecule has 4 nitrogen and oxygen atoms in total. The van der Waals surface area contributed by atoms with E-state index in [1.807, 2.05) is 0 Å². The summed E-state index contributed by atoms with van der Waals surface area (Å²) in [5, 5.41) is 3.24. The van der Waals surface area contributed by atoms with Gasteiger partial charge in [0.1, 0.15) is 5.82 Å². The number of hydrogen-bond donors (Lipinski definition) is 2. The van der Waals surface area contributed by atoms with Crippen molar-refractivity contribution in [2.75, 3.05) is 12.8 Å². The number of ketones is 1. The second-order valence-corrected chi connectivity index (χ2v) is 3.40. The van der Waals surface area contributed by atoms with Crippen molar-refractivity contribution in [1.29, 1.82) is 0 Å². The van der Waals surface area contributed by atoms with Crippen molar-refractivity contribution >= 4 is 23.2 Å². The van der Waals surface area contributed by atoms with Gasteiger partial charge in [-0.3, -0.25) is 4.79 Å². The molecule has 0 bridgehead atoms. The molecule has 1 heterocycles. The summed E-state index contributed by atoms with van der Waals surface area (Å²) in [7, 11) is 1.71. The summed E-state index contributed by atoms with van der Waals surface area (Å²) in [6.07, 6.45) is 1.41. The van der Waals surface area contributed by atoms with Gasteiger partial charge in [-0.2, -0.15) is 0 Å². The van der Waals surface area contributed by atoms with E-state index in [-0.39, 0.29) is 17.6 Å². The minimum absolute atomic E-state index is 0.111. The highest BCUT2D eigenvalue weighted by molar-refractivity contribution is 6.31. The number of Topliss-reactive ketones (excluding diaryl/α,β-unsaturated/α-hetero) is 1. The fraction of sp³-hybridized carbons (Fsp3) is 0.333. The van der Waals surface area contributed by atoms with Crippen LogP contribution < -0.4 is 11.1 Å². The third-order valence-corrected chi connectivity index (χ3v) is 2.18. The van der Waals surface area contributed by atoms with Crippen molar-refractivity contribution < 1.29 is 4.79 Å². The van der Waals surface area contributed by atoms with Gasteiger partial charge in [0.25, 0.3) is 0 Å². The molecule has 0 aliphatic rings. The number of halogens is 1. The lowest BCUT2D eigenvalue weighted by atomic mass is 10.1. The first-order valence-corrected chi connectivity index (χ1v) is 4.56. The Morgan fingerprint density at radius 1 is 1.71 bits per heavy atom. The SMILES string of the molecule is CNC(C)C(=O)c1cc(Cl)cnc1N. The summed E-state index contributed by atoms with van der Waals surface area (Å²) in [6.45, 7) is 1.75. The molecule has 0 fully saturated rings. The fourth-order valence-corrected chi connectivity index (χ4v) is 1.17. The summed E-state index contributed by atoms with van der Waals surface area (Å²) >= 11 is 5.72. The average Bonchev–Trinajstić information content (AvgIpc) is 2.19. The summed E-state index contributed by atoms with van der Waals surface area (Å²) in [5.74, 6) is 0.0986. The van der Waals surface area contributed by atoms with Crippen LogP contribution in [0, 0.1) is 0 Å². The van der Waals surface area contributed by atoms with Crippen molar-refractivity contribution in [1.82, 2.24) is 10.3 Å². The van der Waals surface area contributed by atoms with Gasteiger partial charge in [-0.15, -0.1) is 0 Å². The zero-order valence-corrected chi connectivity index (χ0v) is 8.80. The molecule has 1 atom stereocenters. The molecule has 0 saturated heterocycles. The van der Waals surface area contributed by atoms with E-state index in [0.29, 0.717) is 10.6 Å². The number of carbonyl (C=O) groups excluding carboxylic acids is 1. The Morgan fingerprint density at radius 2 is 2.36 bits per heavy atom. The van der Waals surface area contributed by atoms with Crippen LogP contribution in [0.5, 0.6) is 0 Å². The molecule has 76 valence electrons. The lowest BCUT2D eigenvalue weighted by Gasteiger charge is -2.10. The predicted molar refractivity (Wildman–Crippen MR) is 56.5 cm³/mol. The molecule has 14 heavy (non-hydrogen) atoms. The molecule has 0 aliphatic carbocycles. The van der Waals surface area contributed by atoms with Crippen LogP contribution in [-0.2, 0) is 0 Å². The summed E-state index contributed by atoms with van der Waals surface area (Å²) < 4.78 is 0. The molecular formula is C9H12ClN3O. The average molecular weight is 214 g/mol. The van der Waals surface area contributed by atoms with E-state index in [4.69, 9.17) is 17.3 Å². The van der Waals surface area contributed by atoms with E-state index in [1.165, 1.54) is 12.3 Å². The first-order valence-electron chi connectivity index (χ1n) is 4.18. The van der Waals surface area contributed by atoms with Crippen molar-refractivity contribution in [3.8, 4) is 0 Å². The Bertz CT molecular complexity index is 354. The van der Waals surface area contributed by atoms with Gasteiger partial charge in [-0.1, -0.05) is 11.6 Å². The summed E-state index contributed by atoms with van der Waals surface area (Å²) in [4.78, 5) is 15.5. The number of nitrogens with two attached hydrogens (primary N) is 1. The monoisotopic (exact) mass is 213 g/mol. The topological polar surface area (TPSA) is 68.0 Å². The van der Waals surface area contributed by atoms with Crippen LogP contribution in [0.15, 0.2) is 12.3 Å². The van der Waals surface area contributed by atoms with E-state index >= 15 is 0 Å². The zero-order valence-electron chi connectivity index (χ0n) is 8.04. The smallest absolute Gasteiger partial charge is 0.183 e. The van der Waals surface area contributed by atoms with E-state index in [9.17, 15) is 4.79 Å². The van der Waals surface area contributed by atoms with Crippen molar-refractivity contribution in [3.05, 3.63) is 22.8 Å². The van der Waals surface area contributed by atoms with Crippen LogP contribution in [-0.4, -0.2) is 23.9 Å². The molecule has 5 heteroatoms. The van der Waals surface area contributed by atoms with Gasteiger partial charge in [0.15, 0.2) is 5.78 Å². The number of carbonyl (C=O) groups is 1. The molecular weight excluding hydrogens is 202 g/mol. The number of likely N-dealkylation sites (N-methyl/N-ethyl adjacent to an activating group) is 1. The molecule has 0 spiro atoms. The number of anilines is 1. The van der Waals surface area contributed by atoms with Crippen LogP contribution >= 0.6 is 11.6 Å². The lowest BCUT2D eigenvalue weighted by molar-refractivity contribution is 0.0955. The van der Waals surface area contributed by atoms with Gasteiger partial charge in [-0.25, -0.2) is 4.98 Å². The minimum atomic E-state index is -0.294. The zero-order chi connectivity index (χ0) is 10.7. The van der Waals surface area contributed by atoms with Crippen LogP contribution in [0.2, 0.25) is 5.02 Å². The molecule has 1 aromatic rings. The summed E-state index contributed by atoms with van der Waals surface area (Å²) in [6, 6.07) is 1.23. The number of nitrogens with zero attached hydrogens (tertiary/aromatic N) is 1. The summed E-state index contributed by atoms with van der Waals surface area (Å²) in [5.41, 5.74) is 5.92. The van der Waals surface area contributed by atoms with E-state index in [1.54, 1.807) is 14.0 Å². The molecule has 1 rings (SSSR count). The van der Waals surface area contributed by atoms with Crippen LogP contribution in [0.4, 0.5) is 5.82 Å². The highest BCUT2D eigenvalue weighted by atomic mass is 35.5. The second-order valence-electron chi connectivity index (χ2n) is 2.96. The third-order valence-electron chi connectivity index (χ3n) is 1.98. The largest absolute Gasteiger partial charge is 0.383 e. The number of pyridine rings is 1. The molecule has 3 N–H and O–H groups in total. The van der Waals surface area contributed by atoms with Gasteiger partial charge in [0.05, 0.1) is 16.6 Å².